The number of fused-ring (bicyclic) bond motifs is 1. The van der Waals surface area contributed by atoms with E-state index in [2.05, 4.69) is 9.97 Å². The summed E-state index contributed by atoms with van der Waals surface area (Å²) in [7, 11) is -4.34. The van der Waals surface area contributed by atoms with Crippen molar-refractivity contribution in [1.29, 1.82) is 0 Å². The number of nitrogens with two attached hydrogens (primary N) is 1. The van der Waals surface area contributed by atoms with Crippen LogP contribution >= 0.6 is 0 Å². The zero-order valence-electron chi connectivity index (χ0n) is 11.1. The lowest BCUT2D eigenvalue weighted by molar-refractivity contribution is 0.596. The number of hydrogen-bond acceptors (Lipinski definition) is 5. The molecule has 0 radical (unpaired) electrons. The summed E-state index contributed by atoms with van der Waals surface area (Å²) < 4.78 is 34.8. The molecule has 1 unspecified atom stereocenters. The Morgan fingerprint density at radius 3 is 2.85 bits per heavy atom. The van der Waals surface area contributed by atoms with Crippen LogP contribution in [0.2, 0.25) is 0 Å². The Kier molecular flexibility index (Phi) is 4.44. The molecule has 1 heterocycles. The van der Waals surface area contributed by atoms with E-state index >= 15 is 0 Å². The summed E-state index contributed by atoms with van der Waals surface area (Å²) >= 11 is 0. The van der Waals surface area contributed by atoms with Gasteiger partial charge in [-0.05, 0) is 24.6 Å². The number of nitrogens with zero attached hydrogens (tertiary/aromatic N) is 1. The van der Waals surface area contributed by atoms with Crippen LogP contribution in [0.3, 0.4) is 0 Å². The summed E-state index contributed by atoms with van der Waals surface area (Å²) in [5.74, 6) is 0.445. The van der Waals surface area contributed by atoms with Gasteiger partial charge in [-0.3, -0.25) is 4.21 Å². The lowest BCUT2D eigenvalue weighted by Crippen LogP contribution is -2.12. The number of nitrogen functional groups attached to an aromatic ring is 1. The maximum absolute atomic E-state index is 12.1. The summed E-state index contributed by atoms with van der Waals surface area (Å²) in [6.45, 7) is 1.61. The molecule has 0 aliphatic heterocycles. The first kappa shape index (κ1) is 15.0. The average Bonchev–Trinajstić information content (AvgIpc) is 2.81. The number of nitrogens with one attached hydrogen (secondary N) is 1. The van der Waals surface area contributed by atoms with Gasteiger partial charge in [0.15, 0.2) is 5.16 Å². The highest BCUT2D eigenvalue weighted by Gasteiger charge is 2.12. The number of aromatic amines is 1. The largest absolute Gasteiger partial charge is 0.399 e. The fourth-order valence-electron chi connectivity index (χ4n) is 1.76. The van der Waals surface area contributed by atoms with E-state index in [1.54, 1.807) is 25.1 Å². The van der Waals surface area contributed by atoms with E-state index in [-0.39, 0.29) is 17.3 Å². The van der Waals surface area contributed by atoms with Gasteiger partial charge in [-0.2, -0.15) is 0 Å². The van der Waals surface area contributed by atoms with Crippen molar-refractivity contribution in [3.8, 4) is 0 Å². The molecule has 1 atom stereocenters. The third-order valence-electron chi connectivity index (χ3n) is 2.92. The van der Waals surface area contributed by atoms with Crippen LogP contribution in [0.25, 0.3) is 11.0 Å². The molecular weight excluding hydrogens is 298 g/mol. The van der Waals surface area contributed by atoms with Crippen LogP contribution in [-0.4, -0.2) is 39.9 Å². The summed E-state index contributed by atoms with van der Waals surface area (Å²) in [5.41, 5.74) is 7.70. The van der Waals surface area contributed by atoms with Crippen LogP contribution in [0.1, 0.15) is 13.3 Å². The molecule has 0 bridgehead atoms. The van der Waals surface area contributed by atoms with Crippen LogP contribution in [0.5, 0.6) is 0 Å². The van der Waals surface area contributed by atoms with E-state index in [9.17, 15) is 12.6 Å². The monoisotopic (exact) mass is 315 g/mol. The molecular formula is C12H17N3O3S2. The second-order valence-corrected chi connectivity index (χ2v) is 8.42. The number of hydrogen-bond donors (Lipinski definition) is 2. The van der Waals surface area contributed by atoms with E-state index in [4.69, 9.17) is 5.73 Å². The van der Waals surface area contributed by atoms with Crippen molar-refractivity contribution in [2.24, 2.45) is 0 Å². The third kappa shape index (κ3) is 3.57. The van der Waals surface area contributed by atoms with Crippen LogP contribution in [-0.2, 0) is 20.6 Å². The molecule has 1 aromatic carbocycles. The zero-order chi connectivity index (χ0) is 14.8. The number of aromatic nitrogens is 2. The number of imidazole rings is 1. The molecule has 0 fully saturated rings. The van der Waals surface area contributed by atoms with Crippen molar-refractivity contribution in [1.82, 2.24) is 9.97 Å². The molecule has 110 valence electrons. The normalized spacial score (nSPS) is 13.7. The molecule has 20 heavy (non-hydrogen) atoms. The van der Waals surface area contributed by atoms with Gasteiger partial charge in [0.2, 0.25) is 0 Å². The summed E-state index contributed by atoms with van der Waals surface area (Å²) in [6, 6.07) is 5.21. The van der Waals surface area contributed by atoms with Gasteiger partial charge >= 0.3 is 0 Å². The van der Waals surface area contributed by atoms with Gasteiger partial charge in [-0.15, -0.1) is 0 Å². The number of anilines is 1. The molecule has 2 aromatic rings. The van der Waals surface area contributed by atoms with Crippen molar-refractivity contribution < 1.29 is 12.6 Å². The highest BCUT2D eigenvalue weighted by Crippen LogP contribution is 2.16. The van der Waals surface area contributed by atoms with Gasteiger partial charge in [0.05, 0.1) is 27.6 Å². The van der Waals surface area contributed by atoms with E-state index in [1.807, 2.05) is 0 Å². The molecule has 3 N–H and O–H groups in total. The molecule has 8 heteroatoms. The minimum atomic E-state index is -3.01. The molecule has 0 amide bonds. The molecule has 0 saturated carbocycles. The van der Waals surface area contributed by atoms with Crippen molar-refractivity contribution in [3.05, 3.63) is 18.2 Å². The molecule has 6 nitrogen and oxygen atoms in total. The van der Waals surface area contributed by atoms with Gasteiger partial charge in [0, 0.05) is 17.2 Å². The first-order valence-corrected chi connectivity index (χ1v) is 9.39. The molecule has 1 aromatic heterocycles. The van der Waals surface area contributed by atoms with Gasteiger partial charge in [-0.25, -0.2) is 13.4 Å². The zero-order valence-corrected chi connectivity index (χ0v) is 12.8. The Morgan fingerprint density at radius 2 is 2.15 bits per heavy atom. The van der Waals surface area contributed by atoms with E-state index < -0.39 is 20.6 Å². The first-order valence-electron chi connectivity index (χ1n) is 6.25. The van der Waals surface area contributed by atoms with Crippen molar-refractivity contribution >= 4 is 37.4 Å². The average molecular weight is 315 g/mol. The van der Waals surface area contributed by atoms with Crippen molar-refractivity contribution in [2.45, 2.75) is 18.5 Å². The fraction of sp³-hybridized carbons (Fsp3) is 0.417. The van der Waals surface area contributed by atoms with Crippen LogP contribution < -0.4 is 5.73 Å². The Morgan fingerprint density at radius 1 is 1.40 bits per heavy atom. The second kappa shape index (κ2) is 5.92. The Labute approximate surface area is 120 Å². The Hall–Kier alpha value is -1.41. The highest BCUT2D eigenvalue weighted by molar-refractivity contribution is 7.91. The number of rotatable bonds is 6. The van der Waals surface area contributed by atoms with Crippen molar-refractivity contribution in [2.75, 3.05) is 23.0 Å². The van der Waals surface area contributed by atoms with Crippen LogP contribution in [0, 0.1) is 0 Å². The summed E-state index contributed by atoms with van der Waals surface area (Å²) in [5, 5.41) is 0.361. The van der Waals surface area contributed by atoms with Crippen LogP contribution in [0.4, 0.5) is 5.69 Å². The van der Waals surface area contributed by atoms with E-state index in [0.29, 0.717) is 22.8 Å². The maximum Gasteiger partial charge on any atom is 0.197 e. The Balaban J connectivity index is 2.04. The van der Waals surface area contributed by atoms with Gasteiger partial charge < -0.3 is 10.7 Å². The van der Waals surface area contributed by atoms with Gasteiger partial charge in [0.25, 0.3) is 0 Å². The molecule has 0 aliphatic rings. The molecule has 0 aliphatic carbocycles. The summed E-state index contributed by atoms with van der Waals surface area (Å²) in [4.78, 5) is 7.19. The smallest absolute Gasteiger partial charge is 0.197 e. The van der Waals surface area contributed by atoms with Crippen LogP contribution in [0.15, 0.2) is 23.4 Å². The maximum atomic E-state index is 12.1. The molecule has 0 saturated heterocycles. The fourth-order valence-corrected chi connectivity index (χ4v) is 3.84. The van der Waals surface area contributed by atoms with E-state index in [1.165, 1.54) is 0 Å². The van der Waals surface area contributed by atoms with Gasteiger partial charge in [-0.1, -0.05) is 6.92 Å². The predicted octanol–water partition coefficient (Wildman–Crippen LogP) is 1.08. The molecule has 0 spiro atoms. The quantitative estimate of drug-likeness (QED) is 0.776. The topological polar surface area (TPSA) is 106 Å². The lowest BCUT2D eigenvalue weighted by atomic mass is 10.3. The highest BCUT2D eigenvalue weighted by atomic mass is 32.2. The standard InChI is InChI=1S/C12H17N3O3S2/c1-2-20(17,18)7-3-6-19(16)12-14-10-5-4-9(13)8-11(10)15-12/h4-5,8H,2-3,6-7,13H2,1H3,(H,14,15). The molecule has 2 rings (SSSR count). The first-order chi connectivity index (χ1) is 9.41. The minimum Gasteiger partial charge on any atom is -0.399 e. The summed E-state index contributed by atoms with van der Waals surface area (Å²) in [6.07, 6.45) is 0.363. The lowest BCUT2D eigenvalue weighted by Gasteiger charge is -2.00. The van der Waals surface area contributed by atoms with Crippen molar-refractivity contribution in [3.63, 3.8) is 0 Å². The number of benzene rings is 1. The number of H-pyrrole nitrogens is 1. The van der Waals surface area contributed by atoms with E-state index in [0.717, 1.165) is 5.52 Å². The minimum absolute atomic E-state index is 0.0580. The van der Waals surface area contributed by atoms with Gasteiger partial charge in [0.1, 0.15) is 9.84 Å². The SMILES string of the molecule is CCS(=O)(=O)CCCS(=O)c1nc2ccc(N)cc2[nH]1. The Bertz CT molecular complexity index is 737. The third-order valence-corrected chi connectivity index (χ3v) is 6.00. The predicted molar refractivity (Wildman–Crippen MR) is 80.7 cm³/mol. The second-order valence-electron chi connectivity index (χ2n) is 4.46. The number of sulfone groups is 1.